The number of hydrogen-bond acceptors (Lipinski definition) is 5. The van der Waals surface area contributed by atoms with Crippen molar-refractivity contribution in [3.8, 4) is 0 Å². The van der Waals surface area contributed by atoms with Gasteiger partial charge in [-0.1, -0.05) is 29.3 Å². The van der Waals surface area contributed by atoms with Gasteiger partial charge in [-0.15, -0.1) is 0 Å². The minimum absolute atomic E-state index is 0.0322. The lowest BCUT2D eigenvalue weighted by Gasteiger charge is -2.05. The summed E-state index contributed by atoms with van der Waals surface area (Å²) in [6.07, 6.45) is 6.53. The Morgan fingerprint density at radius 2 is 1.96 bits per heavy atom. The van der Waals surface area contributed by atoms with E-state index >= 15 is 0 Å². The number of sulfone groups is 1. The average Bonchev–Trinajstić information content (AvgIpc) is 3.00. The summed E-state index contributed by atoms with van der Waals surface area (Å²) >= 11 is 12.0. The Morgan fingerprint density at radius 3 is 2.67 bits per heavy atom. The van der Waals surface area contributed by atoms with E-state index in [1.165, 1.54) is 10.7 Å². The number of nitrogens with zero attached hydrogens (tertiary/aromatic N) is 3. The first-order valence-corrected chi connectivity index (χ1v) is 10.8. The standard InChI is InChI=1S/C17H16Cl2N4O3S/c1-27(25,26)5-4-20-17(24)13-9-22-23-10-12(8-21-16(13)23)6-11-2-3-14(18)15(19)7-11/h2-3,7-10H,4-6H2,1H3,(H,20,24). The first-order valence-electron chi connectivity index (χ1n) is 7.95. The van der Waals surface area contributed by atoms with Crippen LogP contribution in [-0.2, 0) is 16.3 Å². The Bertz CT molecular complexity index is 1110. The van der Waals surface area contributed by atoms with Crippen molar-refractivity contribution in [1.29, 1.82) is 0 Å². The lowest BCUT2D eigenvalue weighted by Crippen LogP contribution is -2.28. The maximum absolute atomic E-state index is 12.2. The minimum Gasteiger partial charge on any atom is -0.351 e. The number of rotatable bonds is 6. The van der Waals surface area contributed by atoms with Gasteiger partial charge in [-0.05, 0) is 23.3 Å². The van der Waals surface area contributed by atoms with Crippen molar-refractivity contribution in [1.82, 2.24) is 19.9 Å². The zero-order valence-electron chi connectivity index (χ0n) is 14.3. The third-order valence-corrected chi connectivity index (χ3v) is 5.49. The van der Waals surface area contributed by atoms with Crippen LogP contribution in [0, 0.1) is 0 Å². The van der Waals surface area contributed by atoms with Gasteiger partial charge in [0.2, 0.25) is 0 Å². The second-order valence-electron chi connectivity index (χ2n) is 6.10. The Kier molecular flexibility index (Phi) is 5.69. The number of carbonyl (C=O) groups is 1. The molecule has 2 heterocycles. The smallest absolute Gasteiger partial charge is 0.256 e. The fraction of sp³-hybridized carbons (Fsp3) is 0.235. The van der Waals surface area contributed by atoms with Crippen molar-refractivity contribution in [2.45, 2.75) is 6.42 Å². The Hall–Kier alpha value is -2.16. The summed E-state index contributed by atoms with van der Waals surface area (Å²) in [4.78, 5) is 16.5. The molecular weight excluding hydrogens is 411 g/mol. The molecule has 10 heteroatoms. The molecule has 7 nitrogen and oxygen atoms in total. The molecule has 1 aromatic carbocycles. The minimum atomic E-state index is -3.14. The quantitative estimate of drug-likeness (QED) is 0.652. The number of nitrogens with one attached hydrogen (secondary N) is 1. The van der Waals surface area contributed by atoms with Crippen LogP contribution in [0.15, 0.2) is 36.8 Å². The molecule has 2 aromatic heterocycles. The van der Waals surface area contributed by atoms with E-state index < -0.39 is 15.7 Å². The van der Waals surface area contributed by atoms with Gasteiger partial charge in [0.15, 0.2) is 5.65 Å². The molecule has 0 radical (unpaired) electrons. The number of halogens is 2. The molecule has 0 saturated heterocycles. The highest BCUT2D eigenvalue weighted by molar-refractivity contribution is 7.90. The highest BCUT2D eigenvalue weighted by atomic mass is 35.5. The third kappa shape index (κ3) is 4.97. The molecule has 3 aromatic rings. The second-order valence-corrected chi connectivity index (χ2v) is 9.17. The zero-order chi connectivity index (χ0) is 19.6. The van der Waals surface area contributed by atoms with Gasteiger partial charge in [0.1, 0.15) is 15.4 Å². The van der Waals surface area contributed by atoms with Gasteiger partial charge < -0.3 is 5.32 Å². The molecule has 142 valence electrons. The van der Waals surface area contributed by atoms with Gasteiger partial charge in [0.25, 0.3) is 5.91 Å². The summed E-state index contributed by atoms with van der Waals surface area (Å²) in [5.41, 5.74) is 2.53. The highest BCUT2D eigenvalue weighted by Crippen LogP contribution is 2.24. The lowest BCUT2D eigenvalue weighted by atomic mass is 10.1. The summed E-state index contributed by atoms with van der Waals surface area (Å²) in [5, 5.41) is 7.69. The molecule has 0 aliphatic heterocycles. The molecule has 0 saturated carbocycles. The van der Waals surface area contributed by atoms with Crippen LogP contribution < -0.4 is 5.32 Å². The van der Waals surface area contributed by atoms with E-state index in [2.05, 4.69) is 15.4 Å². The topological polar surface area (TPSA) is 93.4 Å². The van der Waals surface area contributed by atoms with Crippen LogP contribution in [-0.4, -0.2) is 47.5 Å². The van der Waals surface area contributed by atoms with Crippen LogP contribution in [0.3, 0.4) is 0 Å². The predicted molar refractivity (Wildman–Crippen MR) is 104 cm³/mol. The molecular formula is C17H16Cl2N4O3S. The van der Waals surface area contributed by atoms with Crippen LogP contribution in [0.4, 0.5) is 0 Å². The number of carbonyl (C=O) groups excluding carboxylic acids is 1. The first-order chi connectivity index (χ1) is 12.7. The second kappa shape index (κ2) is 7.84. The number of amides is 1. The Labute approximate surface area is 166 Å². The van der Waals surface area contributed by atoms with Gasteiger partial charge >= 0.3 is 0 Å². The predicted octanol–water partition coefficient (Wildman–Crippen LogP) is 2.40. The SMILES string of the molecule is CS(=O)(=O)CCNC(=O)c1cnn2cc(Cc3ccc(Cl)c(Cl)c3)cnc12. The molecule has 0 spiro atoms. The first kappa shape index (κ1) is 19.6. The summed E-state index contributed by atoms with van der Waals surface area (Å²) in [6, 6.07) is 5.40. The van der Waals surface area contributed by atoms with E-state index in [9.17, 15) is 13.2 Å². The number of aromatic nitrogens is 3. The molecule has 0 fully saturated rings. The summed E-state index contributed by atoms with van der Waals surface area (Å²) in [7, 11) is -3.14. The van der Waals surface area contributed by atoms with E-state index in [0.717, 1.165) is 17.4 Å². The van der Waals surface area contributed by atoms with Gasteiger partial charge in [-0.2, -0.15) is 5.10 Å². The molecule has 27 heavy (non-hydrogen) atoms. The van der Waals surface area contributed by atoms with Gasteiger partial charge in [0, 0.05) is 31.6 Å². The van der Waals surface area contributed by atoms with Crippen molar-refractivity contribution in [3.05, 3.63) is 63.5 Å². The Balaban J connectivity index is 1.75. The summed E-state index contributed by atoms with van der Waals surface area (Å²) < 4.78 is 23.8. The largest absolute Gasteiger partial charge is 0.351 e. The molecule has 0 aliphatic rings. The van der Waals surface area contributed by atoms with Crippen LogP contribution in [0.5, 0.6) is 0 Å². The molecule has 0 aliphatic carbocycles. The van der Waals surface area contributed by atoms with Crippen LogP contribution >= 0.6 is 23.2 Å². The van der Waals surface area contributed by atoms with E-state index in [1.807, 2.05) is 6.07 Å². The third-order valence-electron chi connectivity index (χ3n) is 3.81. The van der Waals surface area contributed by atoms with Crippen LogP contribution in [0.2, 0.25) is 10.0 Å². The van der Waals surface area contributed by atoms with Gasteiger partial charge in [-0.3, -0.25) is 4.79 Å². The summed E-state index contributed by atoms with van der Waals surface area (Å²) in [6.45, 7) is 0.0322. The van der Waals surface area contributed by atoms with Crippen LogP contribution in [0.1, 0.15) is 21.5 Å². The van der Waals surface area contributed by atoms with Crippen molar-refractivity contribution in [2.75, 3.05) is 18.6 Å². The van der Waals surface area contributed by atoms with Crippen molar-refractivity contribution in [3.63, 3.8) is 0 Å². The molecule has 3 rings (SSSR count). The number of fused-ring (bicyclic) bond motifs is 1. The van der Waals surface area contributed by atoms with Gasteiger partial charge in [-0.25, -0.2) is 17.9 Å². The number of benzene rings is 1. The van der Waals surface area contributed by atoms with Crippen molar-refractivity contribution in [2.24, 2.45) is 0 Å². The highest BCUT2D eigenvalue weighted by Gasteiger charge is 2.15. The fourth-order valence-corrected chi connectivity index (χ4v) is 3.29. The zero-order valence-corrected chi connectivity index (χ0v) is 16.6. The monoisotopic (exact) mass is 426 g/mol. The average molecular weight is 427 g/mol. The summed E-state index contributed by atoms with van der Waals surface area (Å²) in [5.74, 6) is -0.544. The van der Waals surface area contributed by atoms with E-state index in [1.54, 1.807) is 24.5 Å². The molecule has 1 N–H and O–H groups in total. The molecule has 0 unspecified atom stereocenters. The maximum Gasteiger partial charge on any atom is 0.256 e. The molecule has 1 amide bonds. The number of hydrogen-bond donors (Lipinski definition) is 1. The Morgan fingerprint density at radius 1 is 1.19 bits per heavy atom. The van der Waals surface area contributed by atoms with E-state index in [4.69, 9.17) is 23.2 Å². The molecule has 0 bridgehead atoms. The normalized spacial score (nSPS) is 11.7. The van der Waals surface area contributed by atoms with Crippen molar-refractivity contribution >= 4 is 44.6 Å². The van der Waals surface area contributed by atoms with E-state index in [-0.39, 0.29) is 17.9 Å². The maximum atomic E-state index is 12.2. The fourth-order valence-electron chi connectivity index (χ4n) is 2.50. The lowest BCUT2D eigenvalue weighted by molar-refractivity contribution is 0.0957. The molecule has 0 atom stereocenters. The van der Waals surface area contributed by atoms with Crippen molar-refractivity contribution < 1.29 is 13.2 Å². The van der Waals surface area contributed by atoms with E-state index in [0.29, 0.717) is 22.1 Å². The van der Waals surface area contributed by atoms with Gasteiger partial charge in [0.05, 0.1) is 22.0 Å². The van der Waals surface area contributed by atoms with Crippen LogP contribution in [0.25, 0.3) is 5.65 Å².